The maximum Gasteiger partial charge on any atom is 0.286 e. The van der Waals surface area contributed by atoms with Crippen LogP contribution in [0, 0.1) is 0 Å². The van der Waals surface area contributed by atoms with Gasteiger partial charge in [0.25, 0.3) is 5.65 Å². The molecule has 25 heavy (non-hydrogen) atoms. The number of rotatable bonds is 5. The topological polar surface area (TPSA) is 71.8 Å². The van der Waals surface area contributed by atoms with Gasteiger partial charge in [0.15, 0.2) is 5.69 Å². The molecule has 6 nitrogen and oxygen atoms in total. The third-order valence-electron chi connectivity index (χ3n) is 3.94. The number of benzene rings is 1. The zero-order valence-corrected chi connectivity index (χ0v) is 14.6. The fraction of sp³-hybridized carbons (Fsp3) is 0.211. The number of fused-ring (bicyclic) bond motifs is 1. The summed E-state index contributed by atoms with van der Waals surface area (Å²) in [5.41, 5.74) is 12.9. The van der Waals surface area contributed by atoms with Gasteiger partial charge in [-0.2, -0.15) is 5.10 Å². The Morgan fingerprint density at radius 1 is 1.24 bits per heavy atom. The monoisotopic (exact) mass is 335 g/mol. The second-order valence-corrected chi connectivity index (χ2v) is 5.80. The van der Waals surface area contributed by atoms with Crippen molar-refractivity contribution in [3.63, 3.8) is 0 Å². The number of hydrogen-bond donors (Lipinski definition) is 2. The largest absolute Gasteiger partial charge is 0.369 e. The summed E-state index contributed by atoms with van der Waals surface area (Å²) in [7, 11) is 2.07. The summed E-state index contributed by atoms with van der Waals surface area (Å²) in [6, 6.07) is 14.4. The van der Waals surface area contributed by atoms with Crippen LogP contribution in [-0.2, 0) is 7.05 Å². The van der Waals surface area contributed by atoms with Gasteiger partial charge in [0.2, 0.25) is 5.96 Å². The molecule has 3 aromatic rings. The smallest absolute Gasteiger partial charge is 0.286 e. The summed E-state index contributed by atoms with van der Waals surface area (Å²) in [6.45, 7) is 2.75. The van der Waals surface area contributed by atoms with Gasteiger partial charge in [-0.05, 0) is 30.2 Å². The number of aliphatic imine (C=N–C) groups is 1. The highest BCUT2D eigenvalue weighted by Crippen LogP contribution is 2.19. The van der Waals surface area contributed by atoms with E-state index in [1.165, 1.54) is 0 Å². The van der Waals surface area contributed by atoms with Crippen LogP contribution in [0.5, 0.6) is 0 Å². The molecule has 2 heterocycles. The number of pyridine rings is 1. The van der Waals surface area contributed by atoms with Crippen LogP contribution in [0.1, 0.15) is 18.9 Å². The number of hydrazone groups is 1. The maximum atomic E-state index is 5.70. The number of hydrogen-bond acceptors (Lipinski definition) is 2. The van der Waals surface area contributed by atoms with Crippen LogP contribution in [-0.4, -0.2) is 23.3 Å². The van der Waals surface area contributed by atoms with E-state index >= 15 is 0 Å². The van der Waals surface area contributed by atoms with E-state index < -0.39 is 0 Å². The Kier molecular flexibility index (Phi) is 5.09. The standard InChI is InChI=1S/C19H23N6/c1-3-11-21-19(20)23-22-13-15-7-9-16(10-8-15)17-14-25-12-5-4-6-18(25)24(17)2/h4-10,12-14H,3,11H2,1-2H3,(H3,20,21,23)/q+1/b22-13-. The first-order valence-electron chi connectivity index (χ1n) is 8.34. The quantitative estimate of drug-likeness (QED) is 0.324. The average molecular weight is 335 g/mol. The van der Waals surface area contributed by atoms with Crippen LogP contribution in [0.15, 0.2) is 65.0 Å². The van der Waals surface area contributed by atoms with E-state index in [9.17, 15) is 0 Å². The Labute approximate surface area is 147 Å². The van der Waals surface area contributed by atoms with Crippen molar-refractivity contribution < 1.29 is 4.40 Å². The summed E-state index contributed by atoms with van der Waals surface area (Å²) >= 11 is 0. The molecule has 0 fully saturated rings. The Morgan fingerprint density at radius 3 is 2.76 bits per heavy atom. The van der Waals surface area contributed by atoms with Gasteiger partial charge in [-0.15, -0.1) is 0 Å². The Hall–Kier alpha value is -3.15. The fourth-order valence-corrected chi connectivity index (χ4v) is 2.63. The SMILES string of the molecule is CCCN=C(N)N/N=C\c1ccc(-c2c[n+]3ccccc3n2C)cc1. The first kappa shape index (κ1) is 16.7. The molecule has 0 aliphatic carbocycles. The zero-order valence-electron chi connectivity index (χ0n) is 14.6. The van der Waals surface area contributed by atoms with Gasteiger partial charge >= 0.3 is 0 Å². The highest BCUT2D eigenvalue weighted by atomic mass is 15.3. The van der Waals surface area contributed by atoms with Crippen LogP contribution in [0.3, 0.4) is 0 Å². The molecule has 3 N–H and O–H groups in total. The lowest BCUT2D eigenvalue weighted by atomic mass is 10.1. The molecule has 0 bridgehead atoms. The number of aromatic nitrogens is 2. The number of guanidine groups is 1. The summed E-state index contributed by atoms with van der Waals surface area (Å²) in [5.74, 6) is 0.335. The molecule has 0 atom stereocenters. The van der Waals surface area contributed by atoms with E-state index in [4.69, 9.17) is 5.73 Å². The van der Waals surface area contributed by atoms with Gasteiger partial charge in [-0.3, -0.25) is 4.99 Å². The normalized spacial score (nSPS) is 12.2. The fourth-order valence-electron chi connectivity index (χ4n) is 2.63. The Bertz CT molecular complexity index is 905. The average Bonchev–Trinajstić information content (AvgIpc) is 2.98. The molecule has 0 aliphatic rings. The lowest BCUT2D eigenvalue weighted by molar-refractivity contribution is -0.510. The van der Waals surface area contributed by atoms with Crippen LogP contribution in [0.4, 0.5) is 0 Å². The molecule has 1 aromatic carbocycles. The van der Waals surface area contributed by atoms with Gasteiger partial charge in [-0.25, -0.2) is 14.4 Å². The molecule has 0 unspecified atom stereocenters. The summed E-state index contributed by atoms with van der Waals surface area (Å²) in [5, 5.41) is 4.11. The third kappa shape index (κ3) is 3.85. The van der Waals surface area contributed by atoms with Crippen molar-refractivity contribution in [3.05, 3.63) is 60.4 Å². The van der Waals surface area contributed by atoms with E-state index in [1.54, 1.807) is 6.21 Å². The van der Waals surface area contributed by atoms with E-state index in [2.05, 4.69) is 69.1 Å². The minimum atomic E-state index is 0.335. The van der Waals surface area contributed by atoms with Crippen molar-refractivity contribution in [1.29, 1.82) is 0 Å². The van der Waals surface area contributed by atoms with Crippen molar-refractivity contribution in [2.24, 2.45) is 22.9 Å². The van der Waals surface area contributed by atoms with Gasteiger partial charge in [0.1, 0.15) is 6.20 Å². The van der Waals surface area contributed by atoms with Crippen LogP contribution < -0.4 is 15.6 Å². The Balaban J connectivity index is 1.74. The molecule has 0 radical (unpaired) electrons. The van der Waals surface area contributed by atoms with Gasteiger partial charge < -0.3 is 5.73 Å². The third-order valence-corrected chi connectivity index (χ3v) is 3.94. The van der Waals surface area contributed by atoms with E-state index in [1.807, 2.05) is 24.3 Å². The molecule has 0 saturated heterocycles. The molecule has 2 aromatic heterocycles. The van der Waals surface area contributed by atoms with E-state index in [0.717, 1.165) is 28.9 Å². The highest BCUT2D eigenvalue weighted by Gasteiger charge is 2.14. The number of aryl methyl sites for hydroxylation is 1. The van der Waals surface area contributed by atoms with Gasteiger partial charge in [0, 0.05) is 18.2 Å². The molecule has 3 rings (SSSR count). The molecular weight excluding hydrogens is 312 g/mol. The van der Waals surface area contributed by atoms with Gasteiger partial charge in [-0.1, -0.05) is 25.1 Å². The van der Waals surface area contributed by atoms with E-state index in [-0.39, 0.29) is 0 Å². The lowest BCUT2D eigenvalue weighted by Crippen LogP contribution is -2.27. The number of nitrogens with zero attached hydrogens (tertiary/aromatic N) is 4. The van der Waals surface area contributed by atoms with Crippen molar-refractivity contribution >= 4 is 17.8 Å². The summed E-state index contributed by atoms with van der Waals surface area (Å²) < 4.78 is 4.29. The minimum Gasteiger partial charge on any atom is -0.369 e. The van der Waals surface area contributed by atoms with E-state index in [0.29, 0.717) is 12.5 Å². The number of nitrogens with one attached hydrogen (secondary N) is 1. The van der Waals surface area contributed by atoms with Crippen LogP contribution in [0.25, 0.3) is 16.9 Å². The molecule has 0 amide bonds. The summed E-state index contributed by atoms with van der Waals surface area (Å²) in [4.78, 5) is 4.12. The lowest BCUT2D eigenvalue weighted by Gasteiger charge is -2.00. The number of imidazole rings is 1. The molecule has 0 aliphatic heterocycles. The first-order chi connectivity index (χ1) is 12.2. The number of nitrogens with two attached hydrogens (primary N) is 1. The van der Waals surface area contributed by atoms with Crippen molar-refractivity contribution in [2.75, 3.05) is 6.54 Å². The molecule has 0 saturated carbocycles. The van der Waals surface area contributed by atoms with Crippen molar-refractivity contribution in [1.82, 2.24) is 9.99 Å². The predicted octanol–water partition coefficient (Wildman–Crippen LogP) is 2.08. The summed E-state index contributed by atoms with van der Waals surface area (Å²) in [6.07, 6.45) is 6.87. The maximum absolute atomic E-state index is 5.70. The van der Waals surface area contributed by atoms with Crippen LogP contribution >= 0.6 is 0 Å². The molecule has 128 valence electrons. The van der Waals surface area contributed by atoms with Crippen molar-refractivity contribution in [3.8, 4) is 11.3 Å². The second kappa shape index (κ2) is 7.61. The molecular formula is C19H23N6+. The first-order valence-corrected chi connectivity index (χ1v) is 8.34. The zero-order chi connectivity index (χ0) is 17.6. The highest BCUT2D eigenvalue weighted by molar-refractivity contribution is 5.83. The predicted molar refractivity (Wildman–Crippen MR) is 102 cm³/mol. The molecule has 6 heteroatoms. The van der Waals surface area contributed by atoms with Crippen molar-refractivity contribution in [2.45, 2.75) is 13.3 Å². The van der Waals surface area contributed by atoms with Gasteiger partial charge in [0.05, 0.1) is 19.5 Å². The minimum absolute atomic E-state index is 0.335. The Morgan fingerprint density at radius 2 is 2.04 bits per heavy atom. The second-order valence-electron chi connectivity index (χ2n) is 5.80. The molecule has 0 spiro atoms. The van der Waals surface area contributed by atoms with Crippen LogP contribution in [0.2, 0.25) is 0 Å².